The Balaban J connectivity index is 2.21. The van der Waals surface area contributed by atoms with Gasteiger partial charge in [0.1, 0.15) is 5.75 Å². The summed E-state index contributed by atoms with van der Waals surface area (Å²) in [5, 5.41) is 13.5. The van der Waals surface area contributed by atoms with Crippen LogP contribution >= 0.6 is 34.2 Å². The molecule has 0 saturated heterocycles. The molecule has 100 valence electrons. The molecule has 2 N–H and O–H groups in total. The molecule has 4 heteroatoms. The Hall–Kier alpha value is -0.940. The van der Waals surface area contributed by atoms with Gasteiger partial charge in [-0.2, -0.15) is 0 Å². The van der Waals surface area contributed by atoms with Crippen LogP contribution in [0.15, 0.2) is 42.5 Å². The van der Waals surface area contributed by atoms with Gasteiger partial charge < -0.3 is 10.4 Å². The average Bonchev–Trinajstić information content (AvgIpc) is 2.39. The molecule has 2 rings (SSSR count). The van der Waals surface area contributed by atoms with E-state index in [2.05, 4.69) is 34.8 Å². The van der Waals surface area contributed by atoms with Gasteiger partial charge in [0.2, 0.25) is 0 Å². The molecule has 19 heavy (non-hydrogen) atoms. The van der Waals surface area contributed by atoms with E-state index < -0.39 is 0 Å². The van der Waals surface area contributed by atoms with Crippen LogP contribution in [0.4, 0.5) is 5.69 Å². The van der Waals surface area contributed by atoms with Crippen LogP contribution in [0.1, 0.15) is 24.9 Å². The summed E-state index contributed by atoms with van der Waals surface area (Å²) in [4.78, 5) is 0. The van der Waals surface area contributed by atoms with Crippen molar-refractivity contribution in [2.75, 3.05) is 5.32 Å². The summed E-state index contributed by atoms with van der Waals surface area (Å²) in [6.45, 7) is 2.12. The maximum absolute atomic E-state index is 9.33. The second kappa shape index (κ2) is 6.48. The minimum atomic E-state index is 0.179. The van der Waals surface area contributed by atoms with Crippen LogP contribution in [-0.4, -0.2) is 5.11 Å². The zero-order valence-electron chi connectivity index (χ0n) is 10.5. The zero-order valence-corrected chi connectivity index (χ0v) is 13.4. The van der Waals surface area contributed by atoms with Crippen molar-refractivity contribution in [2.24, 2.45) is 0 Å². The molecule has 2 aromatic carbocycles. The van der Waals surface area contributed by atoms with E-state index in [1.54, 1.807) is 12.1 Å². The van der Waals surface area contributed by atoms with E-state index in [0.29, 0.717) is 0 Å². The van der Waals surface area contributed by atoms with Crippen molar-refractivity contribution in [1.82, 2.24) is 0 Å². The number of anilines is 1. The Bertz CT molecular complexity index is 557. The van der Waals surface area contributed by atoms with Gasteiger partial charge in [0.15, 0.2) is 0 Å². The standard InChI is InChI=1S/C15H15ClINO/c1-2-14(10-3-6-12(19)7-4-10)18-15-8-5-11(17)9-13(15)16/h3-9,14,18-19H,2H2,1H3. The second-order valence-electron chi connectivity index (χ2n) is 4.32. The predicted octanol–water partition coefficient (Wildman–Crippen LogP) is 5.21. The van der Waals surface area contributed by atoms with Crippen molar-refractivity contribution >= 4 is 39.9 Å². The fraction of sp³-hybridized carbons (Fsp3) is 0.200. The molecule has 0 amide bonds. The zero-order chi connectivity index (χ0) is 13.8. The van der Waals surface area contributed by atoms with Crippen molar-refractivity contribution in [3.63, 3.8) is 0 Å². The van der Waals surface area contributed by atoms with Gasteiger partial charge >= 0.3 is 0 Å². The van der Waals surface area contributed by atoms with Crippen molar-refractivity contribution in [2.45, 2.75) is 19.4 Å². The van der Waals surface area contributed by atoms with Crippen LogP contribution in [0, 0.1) is 3.57 Å². The monoisotopic (exact) mass is 387 g/mol. The number of phenols is 1. The van der Waals surface area contributed by atoms with Crippen molar-refractivity contribution in [3.8, 4) is 5.75 Å². The molecule has 0 aromatic heterocycles. The third-order valence-electron chi connectivity index (χ3n) is 2.96. The van der Waals surface area contributed by atoms with Gasteiger partial charge in [-0.1, -0.05) is 30.7 Å². The highest BCUT2D eigenvalue weighted by molar-refractivity contribution is 14.1. The first-order chi connectivity index (χ1) is 9.10. The van der Waals surface area contributed by atoms with Gasteiger partial charge in [-0.05, 0) is 64.9 Å². The highest BCUT2D eigenvalue weighted by atomic mass is 127. The number of phenolic OH excluding ortho intramolecular Hbond substituents is 1. The van der Waals surface area contributed by atoms with Gasteiger partial charge in [0.05, 0.1) is 16.8 Å². The molecule has 0 radical (unpaired) electrons. The van der Waals surface area contributed by atoms with E-state index in [1.807, 2.05) is 30.3 Å². The van der Waals surface area contributed by atoms with E-state index in [4.69, 9.17) is 11.6 Å². The molecule has 0 aliphatic carbocycles. The summed E-state index contributed by atoms with van der Waals surface area (Å²) in [7, 11) is 0. The highest BCUT2D eigenvalue weighted by Crippen LogP contribution is 2.29. The van der Waals surface area contributed by atoms with Crippen LogP contribution < -0.4 is 5.32 Å². The predicted molar refractivity (Wildman–Crippen MR) is 88.9 cm³/mol. The Labute approximate surface area is 131 Å². The van der Waals surface area contributed by atoms with E-state index >= 15 is 0 Å². The summed E-state index contributed by atoms with van der Waals surface area (Å²) in [5.41, 5.74) is 2.07. The van der Waals surface area contributed by atoms with E-state index in [1.165, 1.54) is 0 Å². The van der Waals surface area contributed by atoms with Crippen molar-refractivity contribution in [3.05, 3.63) is 56.6 Å². The molecule has 0 saturated carbocycles. The van der Waals surface area contributed by atoms with E-state index in [-0.39, 0.29) is 11.8 Å². The van der Waals surface area contributed by atoms with Crippen LogP contribution in [-0.2, 0) is 0 Å². The van der Waals surface area contributed by atoms with E-state index in [9.17, 15) is 5.11 Å². The molecule has 0 aliphatic heterocycles. The number of aromatic hydroxyl groups is 1. The molecule has 1 unspecified atom stereocenters. The fourth-order valence-corrected chi connectivity index (χ4v) is 2.83. The Morgan fingerprint density at radius 3 is 2.47 bits per heavy atom. The number of halogens is 2. The number of benzene rings is 2. The van der Waals surface area contributed by atoms with Gasteiger partial charge in [0, 0.05) is 3.57 Å². The van der Waals surface area contributed by atoms with Gasteiger partial charge in [-0.15, -0.1) is 0 Å². The number of hydrogen-bond acceptors (Lipinski definition) is 2. The van der Waals surface area contributed by atoms with Crippen LogP contribution in [0.5, 0.6) is 5.75 Å². The van der Waals surface area contributed by atoms with Crippen LogP contribution in [0.3, 0.4) is 0 Å². The lowest BCUT2D eigenvalue weighted by atomic mass is 10.0. The molecule has 2 aromatic rings. The van der Waals surface area contributed by atoms with Gasteiger partial charge in [0.25, 0.3) is 0 Å². The van der Waals surface area contributed by atoms with Crippen LogP contribution in [0.2, 0.25) is 5.02 Å². The van der Waals surface area contributed by atoms with Crippen molar-refractivity contribution in [1.29, 1.82) is 0 Å². The van der Waals surface area contributed by atoms with Crippen LogP contribution in [0.25, 0.3) is 0 Å². The first-order valence-corrected chi connectivity index (χ1v) is 7.56. The topological polar surface area (TPSA) is 32.3 Å². The fourth-order valence-electron chi connectivity index (χ4n) is 1.92. The second-order valence-corrected chi connectivity index (χ2v) is 5.97. The lowest BCUT2D eigenvalue weighted by molar-refractivity contribution is 0.475. The average molecular weight is 388 g/mol. The quantitative estimate of drug-likeness (QED) is 0.706. The maximum Gasteiger partial charge on any atom is 0.115 e. The SMILES string of the molecule is CCC(Nc1ccc(I)cc1Cl)c1ccc(O)cc1. The minimum absolute atomic E-state index is 0.179. The molecule has 0 aliphatic rings. The molecule has 0 heterocycles. The smallest absolute Gasteiger partial charge is 0.115 e. The Morgan fingerprint density at radius 2 is 1.89 bits per heavy atom. The molecule has 0 fully saturated rings. The molecule has 0 bridgehead atoms. The summed E-state index contributed by atoms with van der Waals surface area (Å²) in [6.07, 6.45) is 0.938. The minimum Gasteiger partial charge on any atom is -0.508 e. The Kier molecular flexibility index (Phi) is 4.93. The van der Waals surface area contributed by atoms with Gasteiger partial charge in [-0.25, -0.2) is 0 Å². The number of rotatable bonds is 4. The van der Waals surface area contributed by atoms with E-state index in [0.717, 1.165) is 26.3 Å². The number of nitrogens with one attached hydrogen (secondary N) is 1. The Morgan fingerprint density at radius 1 is 1.21 bits per heavy atom. The summed E-state index contributed by atoms with van der Waals surface area (Å²) in [6, 6.07) is 13.4. The molecule has 1 atom stereocenters. The first-order valence-electron chi connectivity index (χ1n) is 6.10. The third-order valence-corrected chi connectivity index (χ3v) is 3.95. The first kappa shape index (κ1) is 14.5. The lowest BCUT2D eigenvalue weighted by Gasteiger charge is -2.20. The summed E-state index contributed by atoms with van der Waals surface area (Å²) < 4.78 is 1.12. The van der Waals surface area contributed by atoms with Crippen molar-refractivity contribution < 1.29 is 5.11 Å². The normalized spacial score (nSPS) is 12.2. The molecular formula is C15H15ClINO. The maximum atomic E-state index is 9.33. The third kappa shape index (κ3) is 3.76. The number of hydrogen-bond donors (Lipinski definition) is 2. The molecule has 2 nitrogen and oxygen atoms in total. The lowest BCUT2D eigenvalue weighted by Crippen LogP contribution is -2.09. The highest BCUT2D eigenvalue weighted by Gasteiger charge is 2.11. The summed E-state index contributed by atoms with van der Waals surface area (Å²) in [5.74, 6) is 0.283. The van der Waals surface area contributed by atoms with Gasteiger partial charge in [-0.3, -0.25) is 0 Å². The molecular weight excluding hydrogens is 373 g/mol. The largest absolute Gasteiger partial charge is 0.508 e. The summed E-state index contributed by atoms with van der Waals surface area (Å²) >= 11 is 8.48. The molecule has 0 spiro atoms.